The van der Waals surface area contributed by atoms with Gasteiger partial charge in [0.05, 0.1) is 7.11 Å². The van der Waals surface area contributed by atoms with Gasteiger partial charge in [0, 0.05) is 18.6 Å². The lowest BCUT2D eigenvalue weighted by Gasteiger charge is -2.23. The molecule has 0 unspecified atom stereocenters. The fourth-order valence-electron chi connectivity index (χ4n) is 1.96. The fourth-order valence-corrected chi connectivity index (χ4v) is 1.96. The van der Waals surface area contributed by atoms with E-state index in [2.05, 4.69) is 55.5 Å². The fraction of sp³-hybridized carbons (Fsp3) is 0.588. The summed E-state index contributed by atoms with van der Waals surface area (Å²) in [6.07, 6.45) is 2.03. The lowest BCUT2D eigenvalue weighted by molar-refractivity contribution is 0.414. The molecule has 0 fully saturated rings. The van der Waals surface area contributed by atoms with Crippen LogP contribution in [0.25, 0.3) is 0 Å². The zero-order chi connectivity index (χ0) is 15.7. The largest absolute Gasteiger partial charge is 0.497 e. The molecule has 0 amide bonds. The Morgan fingerprint density at radius 2 is 2.00 bits per heavy atom. The molecule has 0 aromatic heterocycles. The van der Waals surface area contributed by atoms with Crippen LogP contribution in [0.4, 0.5) is 0 Å². The molecule has 0 aliphatic carbocycles. The quantitative estimate of drug-likeness (QED) is 0.321. The SMILES string of the molecule is CCNC(=NCCCc1cccc(OC)c1)NC(C)(C)C.I. The van der Waals surface area contributed by atoms with E-state index < -0.39 is 0 Å². The summed E-state index contributed by atoms with van der Waals surface area (Å²) < 4.78 is 5.24. The Bertz CT molecular complexity index is 455. The molecule has 1 rings (SSSR count). The highest BCUT2D eigenvalue weighted by atomic mass is 127. The summed E-state index contributed by atoms with van der Waals surface area (Å²) >= 11 is 0. The van der Waals surface area contributed by atoms with Gasteiger partial charge >= 0.3 is 0 Å². The summed E-state index contributed by atoms with van der Waals surface area (Å²) in [5, 5.41) is 6.67. The van der Waals surface area contributed by atoms with E-state index in [0.29, 0.717) is 0 Å². The van der Waals surface area contributed by atoms with Crippen LogP contribution in [0.15, 0.2) is 29.3 Å². The summed E-state index contributed by atoms with van der Waals surface area (Å²) in [7, 11) is 1.70. The highest BCUT2D eigenvalue weighted by molar-refractivity contribution is 14.0. The van der Waals surface area contributed by atoms with Crippen LogP contribution >= 0.6 is 24.0 Å². The van der Waals surface area contributed by atoms with Gasteiger partial charge < -0.3 is 15.4 Å². The number of hydrogen-bond donors (Lipinski definition) is 2. The van der Waals surface area contributed by atoms with Crippen molar-refractivity contribution in [1.29, 1.82) is 0 Å². The number of nitrogens with one attached hydrogen (secondary N) is 2. The molecular weight excluding hydrogens is 389 g/mol. The third-order valence-electron chi connectivity index (χ3n) is 2.87. The van der Waals surface area contributed by atoms with Crippen LogP contribution in [0, 0.1) is 0 Å². The third kappa shape index (κ3) is 9.12. The molecular formula is C17H30IN3O. The maximum absolute atomic E-state index is 5.24. The molecule has 0 spiro atoms. The monoisotopic (exact) mass is 419 g/mol. The van der Waals surface area contributed by atoms with E-state index in [1.54, 1.807) is 7.11 Å². The van der Waals surface area contributed by atoms with Crippen molar-refractivity contribution in [2.45, 2.75) is 46.1 Å². The number of aliphatic imine (C=N–C) groups is 1. The van der Waals surface area contributed by atoms with E-state index >= 15 is 0 Å². The van der Waals surface area contributed by atoms with Crippen LogP contribution in [0.1, 0.15) is 39.7 Å². The predicted molar refractivity (Wildman–Crippen MR) is 106 cm³/mol. The number of aryl methyl sites for hydroxylation is 1. The number of methoxy groups -OCH3 is 1. The Labute approximate surface area is 152 Å². The van der Waals surface area contributed by atoms with Crippen molar-refractivity contribution in [3.63, 3.8) is 0 Å². The molecule has 0 radical (unpaired) electrons. The smallest absolute Gasteiger partial charge is 0.191 e. The molecule has 1 aromatic carbocycles. The minimum absolute atomic E-state index is 0. The number of nitrogens with zero attached hydrogens (tertiary/aromatic N) is 1. The van der Waals surface area contributed by atoms with Gasteiger partial charge in [0.25, 0.3) is 0 Å². The van der Waals surface area contributed by atoms with E-state index in [0.717, 1.165) is 37.6 Å². The van der Waals surface area contributed by atoms with Crippen molar-refractivity contribution >= 4 is 29.9 Å². The predicted octanol–water partition coefficient (Wildman–Crippen LogP) is 3.60. The molecule has 5 heteroatoms. The van der Waals surface area contributed by atoms with E-state index in [4.69, 9.17) is 4.74 Å². The highest BCUT2D eigenvalue weighted by Gasteiger charge is 2.11. The van der Waals surface area contributed by atoms with Crippen LogP contribution in [-0.2, 0) is 6.42 Å². The lowest BCUT2D eigenvalue weighted by Crippen LogP contribution is -2.47. The molecule has 0 aliphatic rings. The van der Waals surface area contributed by atoms with Gasteiger partial charge in [0.1, 0.15) is 5.75 Å². The molecule has 22 heavy (non-hydrogen) atoms. The first kappa shape index (κ1) is 21.0. The maximum Gasteiger partial charge on any atom is 0.191 e. The summed E-state index contributed by atoms with van der Waals surface area (Å²) in [6.45, 7) is 10.2. The van der Waals surface area contributed by atoms with E-state index in [9.17, 15) is 0 Å². The van der Waals surface area contributed by atoms with Gasteiger partial charge in [-0.3, -0.25) is 4.99 Å². The topological polar surface area (TPSA) is 45.7 Å². The highest BCUT2D eigenvalue weighted by Crippen LogP contribution is 2.13. The zero-order valence-corrected chi connectivity index (χ0v) is 16.7. The van der Waals surface area contributed by atoms with Crippen molar-refractivity contribution < 1.29 is 4.74 Å². The van der Waals surface area contributed by atoms with Gasteiger partial charge in [0.15, 0.2) is 5.96 Å². The van der Waals surface area contributed by atoms with Gasteiger partial charge in [-0.1, -0.05) is 12.1 Å². The molecule has 0 aliphatic heterocycles. The minimum atomic E-state index is 0. The lowest BCUT2D eigenvalue weighted by atomic mass is 10.1. The second-order valence-corrected chi connectivity index (χ2v) is 6.09. The molecule has 126 valence electrons. The number of guanidine groups is 1. The average molecular weight is 419 g/mol. The molecule has 2 N–H and O–H groups in total. The van der Waals surface area contributed by atoms with Gasteiger partial charge in [-0.25, -0.2) is 0 Å². The molecule has 0 bridgehead atoms. The first-order chi connectivity index (χ1) is 9.94. The maximum atomic E-state index is 5.24. The van der Waals surface area contributed by atoms with Crippen molar-refractivity contribution in [1.82, 2.24) is 10.6 Å². The standard InChI is InChI=1S/C17H29N3O.HI/c1-6-18-16(20-17(2,3)4)19-12-8-10-14-9-7-11-15(13-14)21-5;/h7,9,11,13H,6,8,10,12H2,1-5H3,(H2,18,19,20);1H. The normalized spacial score (nSPS) is 11.6. The molecule has 0 atom stereocenters. The van der Waals surface area contributed by atoms with Crippen LogP contribution in [-0.4, -0.2) is 31.7 Å². The van der Waals surface area contributed by atoms with Gasteiger partial charge in [-0.05, 0) is 58.2 Å². The summed E-state index contributed by atoms with van der Waals surface area (Å²) in [6, 6.07) is 8.22. The zero-order valence-electron chi connectivity index (χ0n) is 14.4. The van der Waals surface area contributed by atoms with Gasteiger partial charge in [0.2, 0.25) is 0 Å². The van der Waals surface area contributed by atoms with Crippen LogP contribution in [0.2, 0.25) is 0 Å². The molecule has 0 saturated carbocycles. The van der Waals surface area contributed by atoms with Crippen LogP contribution in [0.3, 0.4) is 0 Å². The first-order valence-corrected chi connectivity index (χ1v) is 7.64. The van der Waals surface area contributed by atoms with Crippen molar-refractivity contribution in [2.24, 2.45) is 4.99 Å². The van der Waals surface area contributed by atoms with Gasteiger partial charge in [-0.2, -0.15) is 0 Å². The Kier molecular flexibility index (Phi) is 10.2. The molecule has 1 aromatic rings. The van der Waals surface area contributed by atoms with Crippen molar-refractivity contribution in [3.05, 3.63) is 29.8 Å². The van der Waals surface area contributed by atoms with E-state index in [-0.39, 0.29) is 29.5 Å². The van der Waals surface area contributed by atoms with Crippen molar-refractivity contribution in [3.8, 4) is 5.75 Å². The first-order valence-electron chi connectivity index (χ1n) is 7.64. The van der Waals surface area contributed by atoms with E-state index in [1.807, 2.05) is 12.1 Å². The number of ether oxygens (including phenoxy) is 1. The Morgan fingerprint density at radius 3 is 2.59 bits per heavy atom. The van der Waals surface area contributed by atoms with Crippen LogP contribution < -0.4 is 15.4 Å². The molecule has 0 saturated heterocycles. The van der Waals surface area contributed by atoms with E-state index in [1.165, 1.54) is 5.56 Å². The third-order valence-corrected chi connectivity index (χ3v) is 2.87. The number of halogens is 1. The Hall–Kier alpha value is -0.980. The van der Waals surface area contributed by atoms with Gasteiger partial charge in [-0.15, -0.1) is 24.0 Å². The number of benzene rings is 1. The Balaban J connectivity index is 0.00000441. The molecule has 0 heterocycles. The van der Waals surface area contributed by atoms with Crippen LogP contribution in [0.5, 0.6) is 5.75 Å². The summed E-state index contributed by atoms with van der Waals surface area (Å²) in [5.41, 5.74) is 1.31. The number of rotatable bonds is 6. The summed E-state index contributed by atoms with van der Waals surface area (Å²) in [4.78, 5) is 4.62. The van der Waals surface area contributed by atoms with Crippen molar-refractivity contribution in [2.75, 3.05) is 20.2 Å². The average Bonchev–Trinajstić information content (AvgIpc) is 2.42. The summed E-state index contributed by atoms with van der Waals surface area (Å²) in [5.74, 6) is 1.80. The molecule has 4 nitrogen and oxygen atoms in total. The Morgan fingerprint density at radius 1 is 1.27 bits per heavy atom. The second kappa shape index (κ2) is 10.7. The second-order valence-electron chi connectivity index (χ2n) is 6.09. The number of hydrogen-bond acceptors (Lipinski definition) is 2. The minimum Gasteiger partial charge on any atom is -0.497 e.